The molecule has 1 N–H and O–H groups in total. The van der Waals surface area contributed by atoms with Crippen LogP contribution in [0.3, 0.4) is 0 Å². The van der Waals surface area contributed by atoms with Gasteiger partial charge < -0.3 is 0 Å². The lowest BCUT2D eigenvalue weighted by atomic mass is 9.76. The fraction of sp³-hybridized carbons (Fsp3) is 0.353. The van der Waals surface area contributed by atoms with Crippen LogP contribution in [0.25, 0.3) is 5.70 Å². The van der Waals surface area contributed by atoms with Crippen molar-refractivity contribution in [3.8, 4) is 0 Å². The summed E-state index contributed by atoms with van der Waals surface area (Å²) in [4.78, 5) is 2.84. The molecule has 1 aliphatic heterocycles. The third-order valence-electron chi connectivity index (χ3n) is 4.23. The van der Waals surface area contributed by atoms with Crippen molar-refractivity contribution in [2.24, 2.45) is 11.8 Å². The van der Waals surface area contributed by atoms with Gasteiger partial charge in [0, 0.05) is 11.5 Å². The normalized spacial score (nSPS) is 28.2. The highest BCUT2D eigenvalue weighted by atomic mass is 19.4. The number of benzene rings is 1. The molecule has 4 heteroatoms. The maximum absolute atomic E-state index is 12.7. The molecule has 1 nitrogen and oxygen atoms in total. The van der Waals surface area contributed by atoms with Crippen molar-refractivity contribution < 1.29 is 18.2 Å². The fourth-order valence-corrected chi connectivity index (χ4v) is 2.84. The molecule has 2 aliphatic rings. The van der Waals surface area contributed by atoms with Gasteiger partial charge in [-0.1, -0.05) is 37.3 Å². The van der Waals surface area contributed by atoms with E-state index in [2.05, 4.69) is 30.1 Å². The molecule has 0 saturated carbocycles. The van der Waals surface area contributed by atoms with Crippen molar-refractivity contribution in [2.45, 2.75) is 25.4 Å². The molecular formula is C17H17F3N+. The van der Waals surface area contributed by atoms with Crippen LogP contribution in [-0.4, -0.2) is 12.4 Å². The average Bonchev–Trinajstić information content (AvgIpc) is 2.45. The van der Waals surface area contributed by atoms with Gasteiger partial charge >= 0.3 is 6.18 Å². The van der Waals surface area contributed by atoms with Gasteiger partial charge in [0.2, 0.25) is 5.70 Å². The first-order valence-electron chi connectivity index (χ1n) is 7.11. The third kappa shape index (κ3) is 2.67. The van der Waals surface area contributed by atoms with Gasteiger partial charge in [0.15, 0.2) is 6.21 Å². The number of hydrogen-bond acceptors (Lipinski definition) is 0. The van der Waals surface area contributed by atoms with Gasteiger partial charge in [-0.15, -0.1) is 0 Å². The Hall–Kier alpha value is -1.84. The zero-order valence-corrected chi connectivity index (χ0v) is 11.7. The molecule has 1 aromatic carbocycles. The zero-order valence-electron chi connectivity index (χ0n) is 11.7. The van der Waals surface area contributed by atoms with E-state index < -0.39 is 12.1 Å². The zero-order chi connectivity index (χ0) is 15.0. The van der Waals surface area contributed by atoms with E-state index in [1.165, 1.54) is 5.56 Å². The Balaban J connectivity index is 1.88. The van der Waals surface area contributed by atoms with Gasteiger partial charge in [0.05, 0.1) is 0 Å². The SMILES string of the molecule is CC1C=CC1c1ccccc1C1=CCC(C(F)(F)F)C=[NH+]1. The van der Waals surface area contributed by atoms with E-state index >= 15 is 0 Å². The molecule has 0 saturated heterocycles. The van der Waals surface area contributed by atoms with Crippen LogP contribution in [0.2, 0.25) is 0 Å². The van der Waals surface area contributed by atoms with E-state index in [0.29, 0.717) is 11.8 Å². The molecule has 3 rings (SSSR count). The second kappa shape index (κ2) is 5.17. The molecule has 3 atom stereocenters. The molecule has 3 unspecified atom stereocenters. The van der Waals surface area contributed by atoms with Crippen molar-refractivity contribution in [3.05, 3.63) is 53.6 Å². The van der Waals surface area contributed by atoms with E-state index in [1.54, 1.807) is 6.08 Å². The first kappa shape index (κ1) is 14.1. The van der Waals surface area contributed by atoms with Crippen molar-refractivity contribution in [1.82, 2.24) is 0 Å². The molecule has 1 aliphatic carbocycles. The topological polar surface area (TPSA) is 14.0 Å². The highest BCUT2D eigenvalue weighted by Crippen LogP contribution is 2.38. The Morgan fingerprint density at radius 2 is 1.90 bits per heavy atom. The van der Waals surface area contributed by atoms with Crippen LogP contribution < -0.4 is 4.99 Å². The summed E-state index contributed by atoms with van der Waals surface area (Å²) in [5.41, 5.74) is 2.94. The first-order valence-corrected chi connectivity index (χ1v) is 7.11. The average molecular weight is 292 g/mol. The summed E-state index contributed by atoms with van der Waals surface area (Å²) in [6.45, 7) is 2.15. The number of halogens is 3. The molecule has 1 heterocycles. The number of alkyl halides is 3. The van der Waals surface area contributed by atoms with Gasteiger partial charge in [-0.3, -0.25) is 0 Å². The van der Waals surface area contributed by atoms with Crippen LogP contribution in [0.5, 0.6) is 0 Å². The van der Waals surface area contributed by atoms with Crippen LogP contribution in [0.15, 0.2) is 42.5 Å². The first-order chi connectivity index (χ1) is 9.97. The molecule has 1 aromatic rings. The molecule has 0 amide bonds. The Morgan fingerprint density at radius 1 is 1.14 bits per heavy atom. The summed E-state index contributed by atoms with van der Waals surface area (Å²) in [6.07, 6.45) is 2.93. The minimum Gasteiger partial charge on any atom is -0.214 e. The number of hydrogen-bond donors (Lipinski definition) is 1. The van der Waals surface area contributed by atoms with E-state index in [0.717, 1.165) is 17.5 Å². The summed E-state index contributed by atoms with van der Waals surface area (Å²) in [5, 5.41) is 0. The van der Waals surface area contributed by atoms with Gasteiger partial charge in [-0.05, 0) is 30.0 Å². The van der Waals surface area contributed by atoms with E-state index in [9.17, 15) is 13.2 Å². The Labute approximate surface area is 121 Å². The van der Waals surface area contributed by atoms with Gasteiger partial charge in [-0.2, -0.15) is 13.2 Å². The molecule has 0 radical (unpaired) electrons. The standard InChI is InChI=1S/C17H16F3N/c1-11-6-8-13(11)14-4-2-3-5-15(14)16-9-7-12(10-21-16)17(18,19)20/h2-6,8-13H,7H2,1H3/p+1. The van der Waals surface area contributed by atoms with Crippen LogP contribution in [0, 0.1) is 11.8 Å². The van der Waals surface area contributed by atoms with Crippen LogP contribution in [0.4, 0.5) is 13.2 Å². The minimum absolute atomic E-state index is 0.00374. The monoisotopic (exact) mass is 292 g/mol. The van der Waals surface area contributed by atoms with E-state index in [4.69, 9.17) is 0 Å². The molecule has 0 aromatic heterocycles. The highest BCUT2D eigenvalue weighted by molar-refractivity contribution is 5.69. The number of nitrogens with one attached hydrogen (secondary N) is 1. The Kier molecular flexibility index (Phi) is 3.47. The smallest absolute Gasteiger partial charge is 0.214 e. The van der Waals surface area contributed by atoms with Crippen molar-refractivity contribution in [3.63, 3.8) is 0 Å². The van der Waals surface area contributed by atoms with Crippen molar-refractivity contribution >= 4 is 11.9 Å². The van der Waals surface area contributed by atoms with Gasteiger partial charge in [0.1, 0.15) is 5.92 Å². The third-order valence-corrected chi connectivity index (χ3v) is 4.23. The summed E-state index contributed by atoms with van der Waals surface area (Å²) in [7, 11) is 0. The minimum atomic E-state index is -4.18. The maximum atomic E-state index is 12.7. The lowest BCUT2D eigenvalue weighted by molar-refractivity contribution is -0.348. The maximum Gasteiger partial charge on any atom is 0.401 e. The van der Waals surface area contributed by atoms with Crippen molar-refractivity contribution in [1.29, 1.82) is 0 Å². The molecule has 0 bridgehead atoms. The number of allylic oxidation sites excluding steroid dienone is 3. The summed E-state index contributed by atoms with van der Waals surface area (Å²) in [6, 6.07) is 7.92. The Morgan fingerprint density at radius 3 is 2.43 bits per heavy atom. The second-order valence-electron chi connectivity index (χ2n) is 5.67. The van der Waals surface area contributed by atoms with E-state index in [-0.39, 0.29) is 6.42 Å². The van der Waals surface area contributed by atoms with E-state index in [1.807, 2.05) is 18.2 Å². The van der Waals surface area contributed by atoms with Gasteiger partial charge in [-0.25, -0.2) is 4.99 Å². The highest BCUT2D eigenvalue weighted by Gasteiger charge is 2.41. The van der Waals surface area contributed by atoms with Gasteiger partial charge in [0.25, 0.3) is 0 Å². The second-order valence-corrected chi connectivity index (χ2v) is 5.67. The molecule has 0 spiro atoms. The largest absolute Gasteiger partial charge is 0.401 e. The van der Waals surface area contributed by atoms with Crippen molar-refractivity contribution in [2.75, 3.05) is 0 Å². The predicted molar refractivity (Wildman–Crippen MR) is 76.7 cm³/mol. The predicted octanol–water partition coefficient (Wildman–Crippen LogP) is 3.05. The lowest BCUT2D eigenvalue weighted by Gasteiger charge is -2.28. The molecule has 110 valence electrons. The molecule has 21 heavy (non-hydrogen) atoms. The van der Waals surface area contributed by atoms with Crippen LogP contribution in [-0.2, 0) is 0 Å². The fourth-order valence-electron chi connectivity index (χ4n) is 2.84. The van der Waals surface area contributed by atoms with Crippen LogP contribution >= 0.6 is 0 Å². The Bertz CT molecular complexity index is 625. The molecular weight excluding hydrogens is 275 g/mol. The summed E-state index contributed by atoms with van der Waals surface area (Å²) in [5.74, 6) is -0.581. The number of rotatable bonds is 2. The van der Waals surface area contributed by atoms with Crippen LogP contribution in [0.1, 0.15) is 30.4 Å². The lowest BCUT2D eigenvalue weighted by Crippen LogP contribution is -2.69. The molecule has 0 fully saturated rings. The quantitative estimate of drug-likeness (QED) is 0.805. The summed E-state index contributed by atoms with van der Waals surface area (Å²) >= 11 is 0. The summed E-state index contributed by atoms with van der Waals surface area (Å²) < 4.78 is 38.1.